The van der Waals surface area contributed by atoms with Crippen LogP contribution in [0.3, 0.4) is 0 Å². The number of carboxylic acid groups (broad SMARTS) is 1. The molecule has 0 saturated carbocycles. The lowest BCUT2D eigenvalue weighted by Crippen LogP contribution is -2.22. The van der Waals surface area contributed by atoms with Crippen molar-refractivity contribution in [2.75, 3.05) is 0 Å². The third kappa shape index (κ3) is 2.70. The van der Waals surface area contributed by atoms with Crippen molar-refractivity contribution in [1.82, 2.24) is 9.78 Å². The maximum Gasteiger partial charge on any atom is 0.356 e. The summed E-state index contributed by atoms with van der Waals surface area (Å²) >= 11 is 0. The van der Waals surface area contributed by atoms with Crippen LogP contribution in [-0.4, -0.2) is 20.9 Å². The van der Waals surface area contributed by atoms with E-state index in [-0.39, 0.29) is 11.3 Å². The van der Waals surface area contributed by atoms with Crippen LogP contribution in [0.15, 0.2) is 41.2 Å². The molecule has 0 radical (unpaired) electrons. The zero-order valence-corrected chi connectivity index (χ0v) is 10.7. The fourth-order valence-electron chi connectivity index (χ4n) is 1.71. The molecule has 1 aromatic carbocycles. The van der Waals surface area contributed by atoms with E-state index in [1.165, 1.54) is 12.1 Å². The lowest BCUT2D eigenvalue weighted by atomic mass is 10.0. The van der Waals surface area contributed by atoms with Gasteiger partial charge in [0.05, 0.1) is 5.69 Å². The number of hydrogen-bond acceptors (Lipinski definition) is 3. The predicted molar refractivity (Wildman–Crippen MR) is 70.9 cm³/mol. The third-order valence-corrected chi connectivity index (χ3v) is 2.82. The number of rotatable bonds is 3. The number of carbonyl (C=O) groups is 1. The molecule has 0 spiro atoms. The van der Waals surface area contributed by atoms with Crippen LogP contribution in [0.1, 0.15) is 35.8 Å². The molecule has 2 aromatic rings. The molecule has 0 amide bonds. The molecule has 0 aliphatic carbocycles. The van der Waals surface area contributed by atoms with Gasteiger partial charge in [-0.2, -0.15) is 9.78 Å². The number of nitrogens with zero attached hydrogens (tertiary/aromatic N) is 2. The summed E-state index contributed by atoms with van der Waals surface area (Å²) in [6.45, 7) is 4.15. The lowest BCUT2D eigenvalue weighted by molar-refractivity contribution is 0.0688. The van der Waals surface area contributed by atoms with Gasteiger partial charge in [-0.1, -0.05) is 26.0 Å². The van der Waals surface area contributed by atoms with Crippen molar-refractivity contribution in [3.63, 3.8) is 0 Å². The Balaban J connectivity index is 2.49. The van der Waals surface area contributed by atoms with E-state index < -0.39 is 5.97 Å². The van der Waals surface area contributed by atoms with Gasteiger partial charge in [0.1, 0.15) is 0 Å². The number of hydrogen-bond donors (Lipinski definition) is 1. The zero-order valence-electron chi connectivity index (χ0n) is 10.7. The Morgan fingerprint density at radius 3 is 2.32 bits per heavy atom. The van der Waals surface area contributed by atoms with Crippen molar-refractivity contribution in [2.45, 2.75) is 19.8 Å². The largest absolute Gasteiger partial charge is 0.476 e. The van der Waals surface area contributed by atoms with E-state index >= 15 is 0 Å². The van der Waals surface area contributed by atoms with Gasteiger partial charge >= 0.3 is 5.97 Å². The molecule has 0 atom stereocenters. The number of aromatic carboxylic acids is 1. The Morgan fingerprint density at radius 2 is 1.79 bits per heavy atom. The highest BCUT2D eigenvalue weighted by atomic mass is 16.4. The molecule has 0 saturated heterocycles. The first-order chi connectivity index (χ1) is 8.99. The van der Waals surface area contributed by atoms with Gasteiger partial charge in [-0.25, -0.2) is 4.79 Å². The predicted octanol–water partition coefficient (Wildman–Crippen LogP) is 2.05. The average molecular weight is 258 g/mol. The highest BCUT2D eigenvalue weighted by Gasteiger charge is 2.09. The molecule has 0 aliphatic rings. The van der Waals surface area contributed by atoms with E-state index in [1.807, 2.05) is 12.1 Å². The van der Waals surface area contributed by atoms with Crippen molar-refractivity contribution in [3.05, 3.63) is 58.0 Å². The third-order valence-electron chi connectivity index (χ3n) is 2.82. The first-order valence-corrected chi connectivity index (χ1v) is 5.93. The maximum absolute atomic E-state index is 11.7. The topological polar surface area (TPSA) is 72.2 Å². The monoisotopic (exact) mass is 258 g/mol. The Labute approximate surface area is 110 Å². The van der Waals surface area contributed by atoms with Gasteiger partial charge in [0.25, 0.3) is 5.56 Å². The molecule has 1 heterocycles. The first-order valence-electron chi connectivity index (χ1n) is 5.93. The molecule has 0 unspecified atom stereocenters. The molecule has 1 N–H and O–H groups in total. The van der Waals surface area contributed by atoms with Crippen LogP contribution < -0.4 is 5.56 Å². The van der Waals surface area contributed by atoms with E-state index in [0.29, 0.717) is 11.6 Å². The van der Waals surface area contributed by atoms with E-state index in [9.17, 15) is 9.59 Å². The van der Waals surface area contributed by atoms with Gasteiger partial charge in [0.15, 0.2) is 5.69 Å². The zero-order chi connectivity index (χ0) is 14.0. The number of aromatic nitrogens is 2. The highest BCUT2D eigenvalue weighted by Crippen LogP contribution is 2.15. The maximum atomic E-state index is 11.7. The van der Waals surface area contributed by atoms with Crippen molar-refractivity contribution in [1.29, 1.82) is 0 Å². The van der Waals surface area contributed by atoms with E-state index in [2.05, 4.69) is 18.9 Å². The lowest BCUT2D eigenvalue weighted by Gasteiger charge is -2.08. The van der Waals surface area contributed by atoms with Gasteiger partial charge in [0.2, 0.25) is 0 Å². The minimum absolute atomic E-state index is 0.160. The smallest absolute Gasteiger partial charge is 0.356 e. The second kappa shape index (κ2) is 5.06. The molecule has 2 rings (SSSR count). The average Bonchev–Trinajstić information content (AvgIpc) is 2.39. The molecule has 5 nitrogen and oxygen atoms in total. The summed E-state index contributed by atoms with van der Waals surface area (Å²) in [5.41, 5.74) is 1.18. The molecular weight excluding hydrogens is 244 g/mol. The SMILES string of the molecule is CC(C)c1ccc(-n2nc(C(=O)O)ccc2=O)cc1. The Kier molecular flexibility index (Phi) is 3.46. The van der Waals surface area contributed by atoms with Crippen LogP contribution in [0.5, 0.6) is 0 Å². The highest BCUT2D eigenvalue weighted by molar-refractivity contribution is 5.84. The van der Waals surface area contributed by atoms with E-state index in [4.69, 9.17) is 5.11 Å². The van der Waals surface area contributed by atoms with Crippen LogP contribution in [0, 0.1) is 0 Å². The minimum Gasteiger partial charge on any atom is -0.476 e. The molecular formula is C14H14N2O3. The Bertz CT molecular complexity index is 657. The van der Waals surface area contributed by atoms with Gasteiger partial charge in [0, 0.05) is 6.07 Å². The Morgan fingerprint density at radius 1 is 1.16 bits per heavy atom. The van der Waals surface area contributed by atoms with E-state index in [0.717, 1.165) is 10.2 Å². The van der Waals surface area contributed by atoms with E-state index in [1.54, 1.807) is 12.1 Å². The molecule has 5 heteroatoms. The van der Waals surface area contributed by atoms with Gasteiger partial charge in [-0.15, -0.1) is 0 Å². The summed E-state index contributed by atoms with van der Waals surface area (Å²) in [4.78, 5) is 22.6. The fraction of sp³-hybridized carbons (Fsp3) is 0.214. The second-order valence-electron chi connectivity index (χ2n) is 4.52. The molecule has 0 aliphatic heterocycles. The van der Waals surface area contributed by atoms with Gasteiger partial charge in [-0.05, 0) is 29.7 Å². The summed E-state index contributed by atoms with van der Waals surface area (Å²) in [6, 6.07) is 9.73. The summed E-state index contributed by atoms with van der Waals surface area (Å²) in [5.74, 6) is -0.767. The van der Waals surface area contributed by atoms with Crippen molar-refractivity contribution in [2.24, 2.45) is 0 Å². The van der Waals surface area contributed by atoms with Gasteiger partial charge < -0.3 is 5.11 Å². The first kappa shape index (κ1) is 13.0. The minimum atomic E-state index is -1.16. The van der Waals surface area contributed by atoms with Crippen molar-refractivity contribution in [3.8, 4) is 5.69 Å². The summed E-state index contributed by atoms with van der Waals surface area (Å²) in [6.07, 6.45) is 0. The fourth-order valence-corrected chi connectivity index (χ4v) is 1.71. The number of carboxylic acids is 1. The summed E-state index contributed by atoms with van der Waals surface area (Å²) in [5, 5.41) is 12.7. The van der Waals surface area contributed by atoms with Crippen LogP contribution >= 0.6 is 0 Å². The normalized spacial score (nSPS) is 10.7. The Hall–Kier alpha value is -2.43. The summed E-state index contributed by atoms with van der Waals surface area (Å²) in [7, 11) is 0. The second-order valence-corrected chi connectivity index (χ2v) is 4.52. The molecule has 0 bridgehead atoms. The standard InChI is InChI=1S/C14H14N2O3/c1-9(2)10-3-5-11(6-4-10)16-13(17)8-7-12(15-16)14(18)19/h3-9H,1-2H3,(H,18,19). The molecule has 0 fully saturated rings. The summed E-state index contributed by atoms with van der Waals surface area (Å²) < 4.78 is 1.09. The van der Waals surface area contributed by atoms with Crippen molar-refractivity contribution >= 4 is 5.97 Å². The van der Waals surface area contributed by atoms with Crippen LogP contribution in [-0.2, 0) is 0 Å². The van der Waals surface area contributed by atoms with Crippen LogP contribution in [0.25, 0.3) is 5.69 Å². The molecule has 19 heavy (non-hydrogen) atoms. The van der Waals surface area contributed by atoms with Crippen LogP contribution in [0.2, 0.25) is 0 Å². The van der Waals surface area contributed by atoms with Crippen molar-refractivity contribution < 1.29 is 9.90 Å². The number of benzene rings is 1. The molecule has 98 valence electrons. The van der Waals surface area contributed by atoms with Crippen LogP contribution in [0.4, 0.5) is 0 Å². The molecule has 1 aromatic heterocycles. The quantitative estimate of drug-likeness (QED) is 0.914. The van der Waals surface area contributed by atoms with Gasteiger partial charge in [-0.3, -0.25) is 4.79 Å².